The van der Waals surface area contributed by atoms with Crippen LogP contribution in [-0.2, 0) is 6.61 Å². The second-order valence-electron chi connectivity index (χ2n) is 5.63. The van der Waals surface area contributed by atoms with E-state index in [-0.39, 0.29) is 5.76 Å². The number of carbonyl (C=O) groups excluding carboxylic acids is 1. The van der Waals surface area contributed by atoms with E-state index in [1.807, 2.05) is 30.3 Å². The van der Waals surface area contributed by atoms with Crippen molar-refractivity contribution in [2.75, 3.05) is 7.11 Å². The van der Waals surface area contributed by atoms with E-state index in [0.717, 1.165) is 19.2 Å². The van der Waals surface area contributed by atoms with Gasteiger partial charge in [0.25, 0.3) is 0 Å². The van der Waals surface area contributed by atoms with Gasteiger partial charge in [0.1, 0.15) is 6.61 Å². The highest BCUT2D eigenvalue weighted by atomic mass is 127. The summed E-state index contributed by atoms with van der Waals surface area (Å²) in [5.74, 6) is 1.02. The van der Waals surface area contributed by atoms with Crippen LogP contribution in [0.4, 0.5) is 0 Å². The molecular weight excluding hydrogens is 539 g/mol. The van der Waals surface area contributed by atoms with Gasteiger partial charge in [-0.05, 0) is 70.1 Å². The molecule has 0 bridgehead atoms. The number of halogens is 2. The summed E-state index contributed by atoms with van der Waals surface area (Å²) in [6, 6.07) is 14.8. The van der Waals surface area contributed by atoms with Gasteiger partial charge >= 0.3 is 5.91 Å². The third-order valence-corrected chi connectivity index (χ3v) is 5.00. The van der Waals surface area contributed by atoms with Gasteiger partial charge in [0.15, 0.2) is 17.3 Å². The predicted octanol–water partition coefficient (Wildman–Crippen LogP) is 5.00. The molecule has 0 atom stereocenters. The first-order chi connectivity index (χ1) is 13.6. The lowest BCUT2D eigenvalue weighted by Crippen LogP contribution is -2.16. The van der Waals surface area contributed by atoms with Crippen molar-refractivity contribution in [3.63, 3.8) is 0 Å². The highest BCUT2D eigenvalue weighted by Crippen LogP contribution is 2.34. The molecule has 3 rings (SSSR count). The van der Waals surface area contributed by atoms with E-state index < -0.39 is 5.91 Å². The van der Waals surface area contributed by atoms with Crippen molar-refractivity contribution in [2.45, 2.75) is 6.61 Å². The van der Waals surface area contributed by atoms with Crippen LogP contribution in [0.3, 0.4) is 0 Å². The van der Waals surface area contributed by atoms with Crippen LogP contribution in [0.5, 0.6) is 11.5 Å². The Bertz CT molecular complexity index is 973. The maximum atomic E-state index is 11.8. The molecule has 1 N–H and O–H groups in total. The van der Waals surface area contributed by atoms with E-state index in [1.165, 1.54) is 12.5 Å². The van der Waals surface area contributed by atoms with Crippen molar-refractivity contribution in [2.24, 2.45) is 5.10 Å². The van der Waals surface area contributed by atoms with E-state index >= 15 is 0 Å². The average molecular weight is 555 g/mol. The Labute approximate surface area is 184 Å². The molecule has 1 heterocycles. The molecule has 28 heavy (non-hydrogen) atoms. The van der Waals surface area contributed by atoms with Crippen molar-refractivity contribution >= 4 is 50.6 Å². The number of amides is 1. The molecule has 144 valence electrons. The Morgan fingerprint density at radius 2 is 2.07 bits per heavy atom. The lowest BCUT2D eigenvalue weighted by molar-refractivity contribution is 0.0927. The molecule has 0 radical (unpaired) electrons. The number of furan rings is 1. The van der Waals surface area contributed by atoms with Gasteiger partial charge in [-0.1, -0.05) is 28.1 Å². The van der Waals surface area contributed by atoms with Crippen LogP contribution in [0.2, 0.25) is 0 Å². The first-order valence-electron chi connectivity index (χ1n) is 8.18. The zero-order valence-corrected chi connectivity index (χ0v) is 18.6. The van der Waals surface area contributed by atoms with Crippen LogP contribution in [-0.4, -0.2) is 19.2 Å². The molecule has 1 amide bonds. The molecule has 0 aliphatic carbocycles. The standard InChI is InChI=1S/C20H16BrIN2O4/c1-26-18-10-14(11-23-24-20(25)17-3-2-8-27-17)9-16(22)19(18)28-12-13-4-6-15(21)7-5-13/h2-11H,12H2,1H3,(H,24,25)/b23-11-. The highest BCUT2D eigenvalue weighted by molar-refractivity contribution is 14.1. The fourth-order valence-corrected chi connectivity index (χ4v) is 3.36. The Morgan fingerprint density at radius 1 is 1.29 bits per heavy atom. The normalized spacial score (nSPS) is 10.8. The van der Waals surface area contributed by atoms with E-state index in [2.05, 4.69) is 49.0 Å². The lowest BCUT2D eigenvalue weighted by Gasteiger charge is -2.13. The third kappa shape index (κ3) is 5.35. The molecular formula is C20H16BrIN2O4. The summed E-state index contributed by atoms with van der Waals surface area (Å²) < 4.78 is 18.3. The van der Waals surface area contributed by atoms with E-state index in [0.29, 0.717) is 18.1 Å². The maximum Gasteiger partial charge on any atom is 0.307 e. The van der Waals surface area contributed by atoms with Crippen molar-refractivity contribution in [1.82, 2.24) is 5.43 Å². The molecule has 0 spiro atoms. The zero-order valence-electron chi connectivity index (χ0n) is 14.8. The maximum absolute atomic E-state index is 11.8. The molecule has 2 aromatic carbocycles. The fraction of sp³-hybridized carbons (Fsp3) is 0.100. The Morgan fingerprint density at radius 3 is 2.75 bits per heavy atom. The Kier molecular flexibility index (Phi) is 7.10. The number of hydrazone groups is 1. The summed E-state index contributed by atoms with van der Waals surface area (Å²) in [5.41, 5.74) is 4.22. The van der Waals surface area contributed by atoms with Crippen molar-refractivity contribution in [3.05, 3.63) is 79.7 Å². The smallest absolute Gasteiger partial charge is 0.307 e. The van der Waals surface area contributed by atoms with Crippen molar-refractivity contribution < 1.29 is 18.7 Å². The number of hydrogen-bond donors (Lipinski definition) is 1. The van der Waals surface area contributed by atoms with Gasteiger partial charge in [0.2, 0.25) is 0 Å². The van der Waals surface area contributed by atoms with Crippen LogP contribution < -0.4 is 14.9 Å². The summed E-state index contributed by atoms with van der Waals surface area (Å²) in [6.07, 6.45) is 2.96. The minimum Gasteiger partial charge on any atom is -0.493 e. The molecule has 0 saturated heterocycles. The summed E-state index contributed by atoms with van der Waals surface area (Å²) in [5, 5.41) is 3.96. The van der Waals surface area contributed by atoms with Crippen molar-refractivity contribution in [3.8, 4) is 11.5 Å². The van der Waals surface area contributed by atoms with E-state index in [9.17, 15) is 4.79 Å². The summed E-state index contributed by atoms with van der Waals surface area (Å²) in [7, 11) is 1.58. The highest BCUT2D eigenvalue weighted by Gasteiger charge is 2.12. The van der Waals surface area contributed by atoms with Gasteiger partial charge in [0.05, 0.1) is 23.2 Å². The molecule has 1 aromatic heterocycles. The molecule has 0 aliphatic rings. The van der Waals surface area contributed by atoms with E-state index in [1.54, 1.807) is 25.3 Å². The average Bonchev–Trinajstić information content (AvgIpc) is 3.23. The van der Waals surface area contributed by atoms with Gasteiger partial charge in [-0.25, -0.2) is 5.43 Å². The fourth-order valence-electron chi connectivity index (χ4n) is 2.32. The summed E-state index contributed by atoms with van der Waals surface area (Å²) in [4.78, 5) is 11.8. The first-order valence-corrected chi connectivity index (χ1v) is 10.1. The van der Waals surface area contributed by atoms with Crippen LogP contribution in [0.1, 0.15) is 21.7 Å². The number of carbonyl (C=O) groups is 1. The molecule has 0 saturated carbocycles. The van der Waals surface area contributed by atoms with Crippen LogP contribution >= 0.6 is 38.5 Å². The van der Waals surface area contributed by atoms with Gasteiger partial charge < -0.3 is 13.9 Å². The minimum atomic E-state index is -0.419. The zero-order chi connectivity index (χ0) is 19.9. The number of nitrogens with one attached hydrogen (secondary N) is 1. The molecule has 0 unspecified atom stereocenters. The van der Waals surface area contributed by atoms with Crippen LogP contribution in [0.25, 0.3) is 0 Å². The van der Waals surface area contributed by atoms with Gasteiger partial charge in [-0.2, -0.15) is 5.10 Å². The monoisotopic (exact) mass is 554 g/mol. The topological polar surface area (TPSA) is 73.1 Å². The molecule has 0 aliphatic heterocycles. The minimum absolute atomic E-state index is 0.195. The molecule has 3 aromatic rings. The lowest BCUT2D eigenvalue weighted by atomic mass is 10.2. The molecule has 0 fully saturated rings. The third-order valence-electron chi connectivity index (χ3n) is 3.67. The SMILES string of the molecule is COc1cc(/C=N\NC(=O)c2ccco2)cc(I)c1OCc1ccc(Br)cc1. The van der Waals surface area contributed by atoms with Gasteiger partial charge in [0, 0.05) is 4.47 Å². The van der Waals surface area contributed by atoms with Crippen LogP contribution in [0.15, 0.2) is 68.8 Å². The Hall–Kier alpha value is -2.33. The number of methoxy groups -OCH3 is 1. The largest absolute Gasteiger partial charge is 0.493 e. The van der Waals surface area contributed by atoms with E-state index in [4.69, 9.17) is 13.9 Å². The molecule has 6 nitrogen and oxygen atoms in total. The second kappa shape index (κ2) is 9.74. The van der Waals surface area contributed by atoms with Crippen molar-refractivity contribution in [1.29, 1.82) is 0 Å². The van der Waals surface area contributed by atoms with Crippen LogP contribution in [0, 0.1) is 3.57 Å². The second-order valence-corrected chi connectivity index (χ2v) is 7.70. The quantitative estimate of drug-likeness (QED) is 0.253. The first kappa shape index (κ1) is 20.4. The number of ether oxygens (including phenoxy) is 2. The number of rotatable bonds is 7. The number of nitrogens with zero attached hydrogens (tertiary/aromatic N) is 1. The van der Waals surface area contributed by atoms with Gasteiger partial charge in [-0.15, -0.1) is 0 Å². The van der Waals surface area contributed by atoms with Gasteiger partial charge in [-0.3, -0.25) is 4.79 Å². The number of hydrogen-bond acceptors (Lipinski definition) is 5. The predicted molar refractivity (Wildman–Crippen MR) is 118 cm³/mol. The molecule has 8 heteroatoms. The number of benzene rings is 2. The summed E-state index contributed by atoms with van der Waals surface area (Å²) in [6.45, 7) is 0.423. The Balaban J connectivity index is 1.69. The summed E-state index contributed by atoms with van der Waals surface area (Å²) >= 11 is 5.60.